The molecule has 3 aromatic heterocycles. The van der Waals surface area contributed by atoms with Gasteiger partial charge in [0, 0.05) is 32.6 Å². The molecule has 0 radical (unpaired) electrons. The van der Waals surface area contributed by atoms with E-state index >= 15 is 0 Å². The van der Waals surface area contributed by atoms with E-state index in [1.165, 1.54) is 15.2 Å². The van der Waals surface area contributed by atoms with Gasteiger partial charge in [0.15, 0.2) is 13.7 Å². The minimum atomic E-state index is -6.22. The highest BCUT2D eigenvalue weighted by molar-refractivity contribution is 7.19. The van der Waals surface area contributed by atoms with Crippen LogP contribution in [0, 0.1) is 0 Å². The third-order valence-electron chi connectivity index (χ3n) is 10.4. The number of hydrogen-bond donors (Lipinski definition) is 0. The Hall–Kier alpha value is -7.40. The number of rotatable bonds is 6. The van der Waals surface area contributed by atoms with Gasteiger partial charge < -0.3 is 13.6 Å². The summed E-state index contributed by atoms with van der Waals surface area (Å²) in [6.07, 6.45) is 0. The van der Waals surface area contributed by atoms with E-state index in [1.54, 1.807) is 48.5 Å². The smallest absolute Gasteiger partial charge is 0.179 e. The highest BCUT2D eigenvalue weighted by atomic mass is 28.3. The molecular weight excluding hydrogens is 721 g/mol. The first kappa shape index (κ1) is 15.9. The lowest BCUT2D eigenvalue weighted by molar-refractivity contribution is 0.666. The highest BCUT2D eigenvalue weighted by Crippen LogP contribution is 2.45. The average molecular weight is 784 g/mol. The molecule has 0 spiro atoms. The van der Waals surface area contributed by atoms with Crippen molar-refractivity contribution >= 4 is 94.4 Å². The summed E-state index contributed by atoms with van der Waals surface area (Å²) in [6, 6.07) is -11.8. The Morgan fingerprint density at radius 1 is 0.414 bits per heavy atom. The van der Waals surface area contributed by atoms with E-state index in [0.717, 1.165) is 0 Å². The largest absolute Gasteiger partial charge is 0.454 e. The van der Waals surface area contributed by atoms with Gasteiger partial charge in [0.05, 0.1) is 70.2 Å². The van der Waals surface area contributed by atoms with E-state index in [2.05, 4.69) is 0 Å². The van der Waals surface area contributed by atoms with Crippen LogP contribution in [0.2, 0.25) is 0 Å². The third kappa shape index (κ3) is 4.61. The highest BCUT2D eigenvalue weighted by Gasteiger charge is 2.41. The zero-order chi connectivity index (χ0) is 61.7. The predicted molar refractivity (Wildman–Crippen MR) is 246 cm³/mol. The van der Waals surface area contributed by atoms with E-state index in [9.17, 15) is 16.4 Å². The number of benzene rings is 9. The molecule has 12 rings (SSSR count). The molecule has 4 heteroatoms. The fourth-order valence-electron chi connectivity index (χ4n) is 8.05. The minimum absolute atomic E-state index is 0.0155. The van der Waals surface area contributed by atoms with Gasteiger partial charge in [-0.25, -0.2) is 0 Å². The summed E-state index contributed by atoms with van der Waals surface area (Å²) in [6.45, 7) is 0. The molecule has 0 saturated carbocycles. The number of fused-ring (bicyclic) bond motifs is 10. The van der Waals surface area contributed by atoms with Crippen LogP contribution >= 0.6 is 0 Å². The predicted octanol–water partition coefficient (Wildman–Crippen LogP) is 11.2. The standard InChI is InChI=1S/C54H36N2OSi/c1-4-18-38(19-5-1)58(39-20-6-2-7-21-39,40-22-8-3-9-23-40)41-34-32-37(33-35-41)55-47-28-14-12-26-44(47)46-36-50(54-52(53(46)55)45-27-13-17-31-51(45)57-54)56-48-29-15-10-24-42(48)43-25-11-16-30-49(43)56/h1-36H/i1D,2D,3D,4D,5D,6D,7D,8D,9D,10D,11D,15D,16D,18D,19D,20D,21D,22D,23D,24D,25D,29D,30D,32D,33D,34D,35D. The Labute approximate surface area is 374 Å². The lowest BCUT2D eigenvalue weighted by atomic mass is 10.1. The molecule has 3 nitrogen and oxygen atoms in total. The molecule has 0 amide bonds. The maximum absolute atomic E-state index is 10.3. The van der Waals surface area contributed by atoms with Crippen LogP contribution in [0.1, 0.15) is 37.0 Å². The second-order valence-corrected chi connectivity index (χ2v) is 16.7. The Kier molecular flexibility index (Phi) is 3.50. The van der Waals surface area contributed by atoms with E-state index in [4.69, 9.17) is 25.0 Å². The maximum atomic E-state index is 10.3. The summed E-state index contributed by atoms with van der Waals surface area (Å²) in [7, 11) is -6.22. The SMILES string of the molecule is [2H]c1c([2H])c([2H])c([Si](c2c([2H])c([2H])c([2H])c([2H])c2[2H])(c2c([2H])c([2H])c([2H])c([2H])c2[2H])c2c([2H])c([2H])c(-n3c4ccccc4c4cc(-n5c6c([2H])c([2H])c([2H])c([2H])c6c6c([2H])c([2H])c([2H])c([2H])c65)c5oc6ccccc6c5c43)c([2H])c2[2H])c([2H])c1[2H]. The first-order valence-corrected chi connectivity index (χ1v) is 19.7. The zero-order valence-electron chi connectivity index (χ0n) is 56.5. The monoisotopic (exact) mass is 783 g/mol. The van der Waals surface area contributed by atoms with Crippen LogP contribution in [0.25, 0.3) is 76.9 Å². The number of hydrogen-bond acceptors (Lipinski definition) is 1. The van der Waals surface area contributed by atoms with Crippen LogP contribution in [-0.2, 0) is 0 Å². The minimum Gasteiger partial charge on any atom is -0.454 e. The average Bonchev–Trinajstić information content (AvgIpc) is 1.72. The Balaban J connectivity index is 1.32. The molecule has 0 fully saturated rings. The molecule has 272 valence electrons. The van der Waals surface area contributed by atoms with Gasteiger partial charge in [-0.15, -0.1) is 0 Å². The van der Waals surface area contributed by atoms with E-state index < -0.39 is 198 Å². The second kappa shape index (κ2) is 12.8. The maximum Gasteiger partial charge on any atom is 0.179 e. The summed E-state index contributed by atoms with van der Waals surface area (Å²) in [5.74, 6) is 0. The normalized spacial score (nSPS) is 18.7. The van der Waals surface area contributed by atoms with Crippen molar-refractivity contribution in [3.8, 4) is 11.4 Å². The van der Waals surface area contributed by atoms with Crippen molar-refractivity contribution < 1.29 is 41.4 Å². The fraction of sp³-hybridized carbons (Fsp3) is 0. The number of nitrogens with zero attached hydrogens (tertiary/aromatic N) is 2. The molecule has 0 atom stereocenters. The molecule has 0 unspecified atom stereocenters. The van der Waals surface area contributed by atoms with Gasteiger partial charge in [0.1, 0.15) is 5.58 Å². The van der Waals surface area contributed by atoms with Gasteiger partial charge in [-0.3, -0.25) is 0 Å². The molecule has 3 heterocycles. The van der Waals surface area contributed by atoms with Crippen molar-refractivity contribution in [3.05, 3.63) is 218 Å². The fourth-order valence-corrected chi connectivity index (χ4v) is 11.5. The molecular formula is C54H36N2OSi. The van der Waals surface area contributed by atoms with Crippen molar-refractivity contribution in [2.24, 2.45) is 0 Å². The summed E-state index contributed by atoms with van der Waals surface area (Å²) < 4.78 is 259. The van der Waals surface area contributed by atoms with Gasteiger partial charge in [0.25, 0.3) is 0 Å². The zero-order valence-corrected chi connectivity index (χ0v) is 30.5. The van der Waals surface area contributed by atoms with Gasteiger partial charge in [-0.1, -0.05) is 175 Å². The lowest BCUT2D eigenvalue weighted by Crippen LogP contribution is -2.74. The quantitative estimate of drug-likeness (QED) is 0.122. The third-order valence-corrected chi connectivity index (χ3v) is 14.4. The lowest BCUT2D eigenvalue weighted by Gasteiger charge is -2.34. The molecule has 12 aromatic rings. The van der Waals surface area contributed by atoms with Crippen LogP contribution < -0.4 is 20.7 Å². The van der Waals surface area contributed by atoms with Crippen molar-refractivity contribution in [1.29, 1.82) is 0 Å². The summed E-state index contributed by atoms with van der Waals surface area (Å²) in [5.41, 5.74) is -0.739. The Morgan fingerprint density at radius 3 is 1.52 bits per heavy atom. The van der Waals surface area contributed by atoms with E-state index in [-0.39, 0.29) is 60.5 Å². The van der Waals surface area contributed by atoms with Crippen LogP contribution in [0.5, 0.6) is 0 Å². The molecule has 0 saturated heterocycles. The Bertz CT molecular complexity index is 4760. The molecule has 0 aliphatic heterocycles. The van der Waals surface area contributed by atoms with Gasteiger partial charge in [0.2, 0.25) is 0 Å². The summed E-state index contributed by atoms with van der Waals surface area (Å²) >= 11 is 0. The first-order chi connectivity index (χ1) is 40.0. The molecule has 9 aromatic carbocycles. The van der Waals surface area contributed by atoms with Crippen LogP contribution in [0.3, 0.4) is 0 Å². The number of aromatic nitrogens is 2. The van der Waals surface area contributed by atoms with Gasteiger partial charge in [-0.2, -0.15) is 0 Å². The summed E-state index contributed by atoms with van der Waals surface area (Å²) in [5, 5.41) is -3.55. The topological polar surface area (TPSA) is 23.0 Å². The van der Waals surface area contributed by atoms with Crippen LogP contribution in [-0.4, -0.2) is 17.2 Å². The summed E-state index contributed by atoms with van der Waals surface area (Å²) in [4.78, 5) is 0. The molecule has 0 aliphatic rings. The number of para-hydroxylation sites is 4. The Morgan fingerprint density at radius 2 is 0.914 bits per heavy atom. The van der Waals surface area contributed by atoms with Crippen molar-refractivity contribution in [3.63, 3.8) is 0 Å². The number of furan rings is 1. The van der Waals surface area contributed by atoms with Crippen molar-refractivity contribution in [2.45, 2.75) is 0 Å². The molecule has 0 aliphatic carbocycles. The van der Waals surface area contributed by atoms with Crippen molar-refractivity contribution in [2.75, 3.05) is 0 Å². The van der Waals surface area contributed by atoms with Crippen LogP contribution in [0.15, 0.2) is 222 Å². The van der Waals surface area contributed by atoms with Gasteiger partial charge in [-0.05, 0) is 63.1 Å². The second-order valence-electron chi connectivity index (χ2n) is 13.2. The van der Waals surface area contributed by atoms with Crippen molar-refractivity contribution in [1.82, 2.24) is 9.13 Å². The van der Waals surface area contributed by atoms with Crippen LogP contribution in [0.4, 0.5) is 0 Å². The molecule has 58 heavy (non-hydrogen) atoms. The van der Waals surface area contributed by atoms with E-state index in [1.807, 2.05) is 0 Å². The van der Waals surface area contributed by atoms with Gasteiger partial charge >= 0.3 is 0 Å². The first-order valence-electron chi connectivity index (χ1n) is 31.2. The molecule has 0 N–H and O–H groups in total. The van der Waals surface area contributed by atoms with E-state index in [0.29, 0.717) is 10.8 Å². The molecule has 0 bridgehead atoms.